The second-order valence-electron chi connectivity index (χ2n) is 9.18. The molecule has 1 N–H and O–H groups in total. The van der Waals surface area contributed by atoms with Crippen molar-refractivity contribution >= 4 is 17.9 Å². The number of carbonyl (C=O) groups excluding carboxylic acids is 3. The normalized spacial score (nSPS) is 15.5. The molecular weight excluding hydrogens is 406 g/mol. The smallest absolute Gasteiger partial charge is 0.311 e. The van der Waals surface area contributed by atoms with Gasteiger partial charge in [0.25, 0.3) is 0 Å². The van der Waals surface area contributed by atoms with E-state index in [4.69, 9.17) is 24.1 Å². The number of quaternary nitrogens is 1. The lowest BCUT2D eigenvalue weighted by Crippen LogP contribution is -2.39. The van der Waals surface area contributed by atoms with Gasteiger partial charge < -0.3 is 28.5 Å². The summed E-state index contributed by atoms with van der Waals surface area (Å²) >= 11 is 0. The van der Waals surface area contributed by atoms with Crippen LogP contribution in [0.5, 0.6) is 0 Å². The minimum Gasteiger partial charge on any atom is -0.463 e. The van der Waals surface area contributed by atoms with Gasteiger partial charge in [-0.15, -0.1) is 0 Å². The quantitative estimate of drug-likeness (QED) is 0.163. The highest BCUT2D eigenvalue weighted by Crippen LogP contribution is 2.36. The highest BCUT2D eigenvalue weighted by Gasteiger charge is 2.42. The van der Waals surface area contributed by atoms with Gasteiger partial charge in [-0.3, -0.25) is 14.4 Å². The lowest BCUT2D eigenvalue weighted by atomic mass is 9.74. The van der Waals surface area contributed by atoms with Crippen LogP contribution in [0, 0.1) is 17.3 Å². The summed E-state index contributed by atoms with van der Waals surface area (Å²) in [5.41, 5.74) is -1.09. The molecule has 0 aliphatic heterocycles. The Hall–Kier alpha value is -1.71. The molecule has 3 unspecified atom stereocenters. The number of carbonyl (C=O) groups is 3. The molecule has 31 heavy (non-hydrogen) atoms. The standard InChI is InChI=1S/C22H42NO8/c1-8-18(20(26)30-12-10-24)16-22(3,21(27)31-14-13-28-7)15-17(2)19(25)29-11-9-23(4,5)6/h17-18,24H,8-16H2,1-7H3/q+1. The fourth-order valence-corrected chi connectivity index (χ4v) is 3.17. The van der Waals surface area contributed by atoms with Crippen molar-refractivity contribution < 1.29 is 42.9 Å². The number of hydrogen-bond acceptors (Lipinski definition) is 8. The second-order valence-corrected chi connectivity index (χ2v) is 9.18. The maximum absolute atomic E-state index is 12.9. The molecule has 0 saturated heterocycles. The molecule has 0 aromatic rings. The molecule has 0 aromatic heterocycles. The highest BCUT2D eigenvalue weighted by atomic mass is 16.6. The van der Waals surface area contributed by atoms with E-state index in [1.807, 2.05) is 28.1 Å². The molecule has 0 amide bonds. The molecule has 0 fully saturated rings. The zero-order chi connectivity index (χ0) is 24.1. The fraction of sp³-hybridized carbons (Fsp3) is 0.864. The molecule has 9 heteroatoms. The summed E-state index contributed by atoms with van der Waals surface area (Å²) in [6.07, 6.45) is 0.787. The Morgan fingerprint density at radius 1 is 0.935 bits per heavy atom. The third-order valence-electron chi connectivity index (χ3n) is 5.04. The van der Waals surface area contributed by atoms with Crippen LogP contribution in [-0.4, -0.2) is 95.3 Å². The largest absolute Gasteiger partial charge is 0.463 e. The number of nitrogens with zero attached hydrogens (tertiary/aromatic N) is 1. The highest BCUT2D eigenvalue weighted by molar-refractivity contribution is 5.80. The first kappa shape index (κ1) is 29.3. The number of likely N-dealkylation sites (N-methyl/N-ethyl adjacent to an activating group) is 1. The first-order chi connectivity index (χ1) is 14.4. The molecule has 3 atom stereocenters. The van der Waals surface area contributed by atoms with Gasteiger partial charge in [-0.05, 0) is 26.2 Å². The van der Waals surface area contributed by atoms with Crippen LogP contribution in [0.25, 0.3) is 0 Å². The van der Waals surface area contributed by atoms with E-state index in [9.17, 15) is 14.4 Å². The number of aliphatic hydroxyl groups excluding tert-OH is 1. The van der Waals surface area contributed by atoms with Gasteiger partial charge in [-0.2, -0.15) is 0 Å². The van der Waals surface area contributed by atoms with Crippen molar-refractivity contribution in [1.29, 1.82) is 0 Å². The average molecular weight is 449 g/mol. The maximum Gasteiger partial charge on any atom is 0.311 e. The fourth-order valence-electron chi connectivity index (χ4n) is 3.17. The Morgan fingerprint density at radius 2 is 1.55 bits per heavy atom. The van der Waals surface area contributed by atoms with Crippen LogP contribution in [0.2, 0.25) is 0 Å². The van der Waals surface area contributed by atoms with Crippen LogP contribution in [0.4, 0.5) is 0 Å². The molecular formula is C22H42NO8+. The van der Waals surface area contributed by atoms with Crippen LogP contribution in [0.3, 0.4) is 0 Å². The lowest BCUT2D eigenvalue weighted by molar-refractivity contribution is -0.870. The number of rotatable bonds is 16. The van der Waals surface area contributed by atoms with E-state index in [0.717, 1.165) is 0 Å². The Morgan fingerprint density at radius 3 is 2.06 bits per heavy atom. The summed E-state index contributed by atoms with van der Waals surface area (Å²) in [5.74, 6) is -2.48. The molecule has 182 valence electrons. The van der Waals surface area contributed by atoms with Gasteiger partial charge >= 0.3 is 17.9 Å². The molecule has 0 heterocycles. The summed E-state index contributed by atoms with van der Waals surface area (Å²) in [6, 6.07) is 0. The van der Waals surface area contributed by atoms with Crippen molar-refractivity contribution in [1.82, 2.24) is 0 Å². The van der Waals surface area contributed by atoms with Gasteiger partial charge in [-0.25, -0.2) is 0 Å². The molecule has 9 nitrogen and oxygen atoms in total. The molecule has 0 rings (SSSR count). The van der Waals surface area contributed by atoms with Gasteiger partial charge in [-0.1, -0.05) is 13.8 Å². The van der Waals surface area contributed by atoms with Crippen molar-refractivity contribution in [2.24, 2.45) is 17.3 Å². The summed E-state index contributed by atoms with van der Waals surface area (Å²) < 4.78 is 21.4. The summed E-state index contributed by atoms with van der Waals surface area (Å²) in [5, 5.41) is 8.90. The van der Waals surface area contributed by atoms with E-state index in [0.29, 0.717) is 17.4 Å². The monoisotopic (exact) mass is 448 g/mol. The van der Waals surface area contributed by atoms with Crippen molar-refractivity contribution in [2.75, 3.05) is 67.8 Å². The summed E-state index contributed by atoms with van der Waals surface area (Å²) in [6.45, 7) is 6.15. The first-order valence-electron chi connectivity index (χ1n) is 10.8. The molecule has 0 bridgehead atoms. The van der Waals surface area contributed by atoms with Gasteiger partial charge in [0.2, 0.25) is 0 Å². The van der Waals surface area contributed by atoms with Crippen molar-refractivity contribution in [3.63, 3.8) is 0 Å². The van der Waals surface area contributed by atoms with E-state index in [2.05, 4.69) is 0 Å². The molecule has 0 aliphatic rings. The zero-order valence-corrected chi connectivity index (χ0v) is 20.3. The molecule has 0 aromatic carbocycles. The third-order valence-corrected chi connectivity index (χ3v) is 5.04. The third kappa shape index (κ3) is 12.0. The van der Waals surface area contributed by atoms with E-state index in [1.165, 1.54) is 7.11 Å². The van der Waals surface area contributed by atoms with E-state index >= 15 is 0 Å². The topological polar surface area (TPSA) is 108 Å². The second kappa shape index (κ2) is 14.4. The van der Waals surface area contributed by atoms with E-state index in [1.54, 1.807) is 13.8 Å². The van der Waals surface area contributed by atoms with Crippen molar-refractivity contribution in [3.8, 4) is 0 Å². The van der Waals surface area contributed by atoms with Crippen LogP contribution in [0.15, 0.2) is 0 Å². The molecule has 0 saturated carbocycles. The van der Waals surface area contributed by atoms with Crippen LogP contribution in [-0.2, 0) is 33.3 Å². The Balaban J connectivity index is 5.30. The number of hydrogen-bond donors (Lipinski definition) is 1. The SMILES string of the molecule is CCC(CC(C)(CC(C)C(=O)OCC[N+](C)(C)C)C(=O)OCCOC)C(=O)OCCO. The summed E-state index contributed by atoms with van der Waals surface area (Å²) in [7, 11) is 7.52. The maximum atomic E-state index is 12.9. The predicted molar refractivity (Wildman–Crippen MR) is 115 cm³/mol. The van der Waals surface area contributed by atoms with Crippen molar-refractivity contribution in [2.45, 2.75) is 40.0 Å². The van der Waals surface area contributed by atoms with Gasteiger partial charge in [0.15, 0.2) is 0 Å². The number of esters is 3. The predicted octanol–water partition coefficient (Wildman–Crippen LogP) is 1.41. The van der Waals surface area contributed by atoms with Crippen LogP contribution >= 0.6 is 0 Å². The average Bonchev–Trinajstić information content (AvgIpc) is 2.69. The molecule has 0 spiro atoms. The minimum absolute atomic E-state index is 0.0823. The zero-order valence-electron chi connectivity index (χ0n) is 20.3. The molecule has 0 aliphatic carbocycles. The molecule has 0 radical (unpaired) electrons. The van der Waals surface area contributed by atoms with Gasteiger partial charge in [0.1, 0.15) is 26.4 Å². The Labute approximate surface area is 186 Å². The van der Waals surface area contributed by atoms with E-state index in [-0.39, 0.29) is 51.8 Å². The van der Waals surface area contributed by atoms with E-state index < -0.39 is 29.2 Å². The Kier molecular flexibility index (Phi) is 13.6. The Bertz CT molecular complexity index is 560. The first-order valence-corrected chi connectivity index (χ1v) is 10.8. The lowest BCUT2D eigenvalue weighted by Gasteiger charge is -2.32. The summed E-state index contributed by atoms with van der Waals surface area (Å²) in [4.78, 5) is 37.8. The van der Waals surface area contributed by atoms with Crippen LogP contribution in [0.1, 0.15) is 40.0 Å². The van der Waals surface area contributed by atoms with Crippen molar-refractivity contribution in [3.05, 3.63) is 0 Å². The van der Waals surface area contributed by atoms with Crippen LogP contribution < -0.4 is 0 Å². The number of ether oxygens (including phenoxy) is 4. The number of methoxy groups -OCH3 is 1. The van der Waals surface area contributed by atoms with Gasteiger partial charge in [0, 0.05) is 7.11 Å². The van der Waals surface area contributed by atoms with Gasteiger partial charge in [0.05, 0.1) is 51.6 Å². The number of aliphatic hydroxyl groups is 1. The minimum atomic E-state index is -1.09.